The maximum absolute atomic E-state index is 12.0. The molecular weight excluding hydrogens is 330 g/mol. The Morgan fingerprint density at radius 1 is 1.29 bits per heavy atom. The largest absolute Gasteiger partial charge is 0.452 e. The first-order valence-corrected chi connectivity index (χ1v) is 8.02. The predicted octanol–water partition coefficient (Wildman–Crippen LogP) is 3.01. The molecule has 0 bridgehead atoms. The molecule has 0 aliphatic heterocycles. The Bertz CT molecular complexity index is 909. The Hall–Kier alpha value is -2.74. The summed E-state index contributed by atoms with van der Waals surface area (Å²) >= 11 is 1.37. The summed E-state index contributed by atoms with van der Waals surface area (Å²) < 4.78 is 10.9. The number of nitrogens with zero attached hydrogens (tertiary/aromatic N) is 2. The number of hydrogen-bond donors (Lipinski definition) is 1. The van der Waals surface area contributed by atoms with E-state index in [4.69, 9.17) is 9.26 Å². The third-order valence-electron chi connectivity index (χ3n) is 3.36. The lowest BCUT2D eigenvalue weighted by atomic mass is 10.2. The van der Waals surface area contributed by atoms with Crippen LogP contribution in [0.15, 0.2) is 22.7 Å². The Labute approximate surface area is 141 Å². The van der Waals surface area contributed by atoms with E-state index in [1.807, 2.05) is 25.1 Å². The lowest BCUT2D eigenvalue weighted by Gasteiger charge is -2.04. The van der Waals surface area contributed by atoms with Gasteiger partial charge in [-0.1, -0.05) is 22.6 Å². The summed E-state index contributed by atoms with van der Waals surface area (Å²) in [4.78, 5) is 28.2. The number of fused-ring (bicyclic) bond motifs is 1. The van der Waals surface area contributed by atoms with Crippen LogP contribution < -0.4 is 5.32 Å². The number of hydrogen-bond acceptors (Lipinski definition) is 7. The molecule has 2 aromatic heterocycles. The van der Waals surface area contributed by atoms with Crippen LogP contribution in [-0.4, -0.2) is 28.6 Å². The average molecular weight is 345 g/mol. The molecule has 1 amide bonds. The van der Waals surface area contributed by atoms with Crippen LogP contribution in [0.1, 0.15) is 27.4 Å². The maximum atomic E-state index is 12.0. The van der Waals surface area contributed by atoms with Gasteiger partial charge < -0.3 is 9.26 Å². The fourth-order valence-electron chi connectivity index (χ4n) is 2.22. The monoisotopic (exact) mass is 345 g/mol. The van der Waals surface area contributed by atoms with E-state index in [0.717, 1.165) is 15.8 Å². The number of aryl methyl sites for hydroxylation is 3. The molecule has 0 atom stereocenters. The van der Waals surface area contributed by atoms with Gasteiger partial charge in [0, 0.05) is 0 Å². The number of benzene rings is 1. The second kappa shape index (κ2) is 6.40. The molecule has 0 aliphatic rings. The van der Waals surface area contributed by atoms with E-state index in [1.54, 1.807) is 13.8 Å². The van der Waals surface area contributed by atoms with Crippen molar-refractivity contribution in [2.24, 2.45) is 0 Å². The van der Waals surface area contributed by atoms with Crippen molar-refractivity contribution in [3.05, 3.63) is 40.8 Å². The molecule has 1 aromatic carbocycles. The van der Waals surface area contributed by atoms with E-state index in [2.05, 4.69) is 15.5 Å². The Balaban J connectivity index is 1.62. The SMILES string of the molecule is Cc1ccc2nc(NC(=O)COC(=O)c3c(C)noc3C)sc2c1. The summed E-state index contributed by atoms with van der Waals surface area (Å²) in [6, 6.07) is 5.85. The molecule has 7 nitrogen and oxygen atoms in total. The minimum atomic E-state index is -0.638. The number of rotatable bonds is 4. The molecule has 124 valence electrons. The average Bonchev–Trinajstić information content (AvgIpc) is 3.07. The molecular formula is C16H15N3O4S. The second-order valence-corrected chi connectivity index (χ2v) is 6.34. The van der Waals surface area contributed by atoms with Crippen LogP contribution >= 0.6 is 11.3 Å². The highest BCUT2D eigenvalue weighted by Gasteiger charge is 2.20. The number of nitrogens with one attached hydrogen (secondary N) is 1. The third kappa shape index (κ3) is 3.28. The van der Waals surface area contributed by atoms with E-state index >= 15 is 0 Å². The first-order valence-electron chi connectivity index (χ1n) is 7.21. The number of ether oxygens (including phenoxy) is 1. The summed E-state index contributed by atoms with van der Waals surface area (Å²) in [7, 11) is 0. The summed E-state index contributed by atoms with van der Waals surface area (Å²) in [5.74, 6) is -0.730. The van der Waals surface area contributed by atoms with E-state index < -0.39 is 18.5 Å². The smallest absolute Gasteiger partial charge is 0.344 e. The molecule has 24 heavy (non-hydrogen) atoms. The number of aromatic nitrogens is 2. The van der Waals surface area contributed by atoms with Gasteiger partial charge in [0.1, 0.15) is 11.3 Å². The fourth-order valence-corrected chi connectivity index (χ4v) is 3.20. The van der Waals surface area contributed by atoms with Crippen molar-refractivity contribution in [3.8, 4) is 0 Å². The molecule has 0 radical (unpaired) electrons. The van der Waals surface area contributed by atoms with Crippen molar-refractivity contribution in [2.45, 2.75) is 20.8 Å². The van der Waals surface area contributed by atoms with Gasteiger partial charge in [-0.25, -0.2) is 9.78 Å². The normalized spacial score (nSPS) is 10.8. The summed E-state index contributed by atoms with van der Waals surface area (Å²) in [6.45, 7) is 4.83. The van der Waals surface area contributed by atoms with Crippen molar-refractivity contribution >= 4 is 38.6 Å². The van der Waals surface area contributed by atoms with Gasteiger partial charge in [0.15, 0.2) is 11.7 Å². The van der Waals surface area contributed by atoms with Crippen molar-refractivity contribution in [1.82, 2.24) is 10.1 Å². The fraction of sp³-hybridized carbons (Fsp3) is 0.250. The van der Waals surface area contributed by atoms with Crippen molar-refractivity contribution in [1.29, 1.82) is 0 Å². The number of amides is 1. The lowest BCUT2D eigenvalue weighted by Crippen LogP contribution is -2.21. The number of thiazole rings is 1. The number of esters is 1. The zero-order valence-electron chi connectivity index (χ0n) is 13.4. The minimum Gasteiger partial charge on any atom is -0.452 e. The Kier molecular flexibility index (Phi) is 4.30. The summed E-state index contributed by atoms with van der Waals surface area (Å²) in [6.07, 6.45) is 0. The highest BCUT2D eigenvalue weighted by atomic mass is 32.1. The van der Waals surface area contributed by atoms with Gasteiger partial charge in [-0.15, -0.1) is 0 Å². The van der Waals surface area contributed by atoms with Crippen molar-refractivity contribution < 1.29 is 18.8 Å². The second-order valence-electron chi connectivity index (χ2n) is 5.31. The molecule has 0 saturated carbocycles. The molecule has 0 spiro atoms. The zero-order chi connectivity index (χ0) is 17.3. The van der Waals surface area contributed by atoms with Gasteiger partial charge in [-0.3, -0.25) is 10.1 Å². The van der Waals surface area contributed by atoms with E-state index in [-0.39, 0.29) is 5.56 Å². The topological polar surface area (TPSA) is 94.3 Å². The van der Waals surface area contributed by atoms with Gasteiger partial charge in [-0.2, -0.15) is 0 Å². The lowest BCUT2D eigenvalue weighted by molar-refractivity contribution is -0.119. The third-order valence-corrected chi connectivity index (χ3v) is 4.30. The molecule has 2 heterocycles. The van der Waals surface area contributed by atoms with Gasteiger partial charge >= 0.3 is 5.97 Å². The van der Waals surface area contributed by atoms with Crippen LogP contribution in [0.3, 0.4) is 0 Å². The van der Waals surface area contributed by atoms with Crippen LogP contribution in [-0.2, 0) is 9.53 Å². The molecule has 0 unspecified atom stereocenters. The molecule has 0 fully saturated rings. The Morgan fingerprint density at radius 3 is 2.79 bits per heavy atom. The maximum Gasteiger partial charge on any atom is 0.344 e. The number of carbonyl (C=O) groups excluding carboxylic acids is 2. The van der Waals surface area contributed by atoms with Gasteiger partial charge in [0.25, 0.3) is 5.91 Å². The van der Waals surface area contributed by atoms with E-state index in [1.165, 1.54) is 11.3 Å². The molecule has 8 heteroatoms. The number of anilines is 1. The first kappa shape index (κ1) is 16.1. The summed E-state index contributed by atoms with van der Waals surface area (Å²) in [5.41, 5.74) is 2.61. The predicted molar refractivity (Wildman–Crippen MR) is 89.2 cm³/mol. The minimum absolute atomic E-state index is 0.248. The van der Waals surface area contributed by atoms with Crippen LogP contribution in [0.25, 0.3) is 10.2 Å². The van der Waals surface area contributed by atoms with Crippen molar-refractivity contribution in [3.63, 3.8) is 0 Å². The van der Waals surface area contributed by atoms with Gasteiger partial charge in [0.2, 0.25) is 0 Å². The quantitative estimate of drug-likeness (QED) is 0.731. The molecule has 0 saturated heterocycles. The highest BCUT2D eigenvalue weighted by molar-refractivity contribution is 7.22. The summed E-state index contributed by atoms with van der Waals surface area (Å²) in [5, 5.41) is 6.78. The Morgan fingerprint density at radius 2 is 2.08 bits per heavy atom. The molecule has 3 aromatic rings. The molecule has 0 aliphatic carbocycles. The highest BCUT2D eigenvalue weighted by Crippen LogP contribution is 2.26. The molecule has 3 rings (SSSR count). The first-order chi connectivity index (χ1) is 11.4. The van der Waals surface area contributed by atoms with Gasteiger partial charge in [0.05, 0.1) is 15.9 Å². The van der Waals surface area contributed by atoms with Crippen LogP contribution in [0.2, 0.25) is 0 Å². The van der Waals surface area contributed by atoms with E-state index in [0.29, 0.717) is 16.6 Å². The van der Waals surface area contributed by atoms with Crippen molar-refractivity contribution in [2.75, 3.05) is 11.9 Å². The zero-order valence-corrected chi connectivity index (χ0v) is 14.2. The number of carbonyl (C=O) groups is 2. The standard InChI is InChI=1S/C16H15N3O4S/c1-8-4-5-11-12(6-8)24-16(17-11)18-13(20)7-22-15(21)14-9(2)19-23-10(14)3/h4-6H,7H2,1-3H3,(H,17,18,20). The van der Waals surface area contributed by atoms with Gasteiger partial charge in [-0.05, 0) is 38.5 Å². The van der Waals surface area contributed by atoms with Crippen LogP contribution in [0.5, 0.6) is 0 Å². The van der Waals surface area contributed by atoms with Crippen LogP contribution in [0.4, 0.5) is 5.13 Å². The molecule has 1 N–H and O–H groups in total. The van der Waals surface area contributed by atoms with E-state index in [9.17, 15) is 9.59 Å². The van der Waals surface area contributed by atoms with Crippen LogP contribution in [0, 0.1) is 20.8 Å².